The highest BCUT2D eigenvalue weighted by atomic mass is 32.2. The highest BCUT2D eigenvalue weighted by molar-refractivity contribution is 7.98. The molecule has 0 saturated heterocycles. The molecule has 164 valence electrons. The number of aryl methyl sites for hydroxylation is 2. The maximum absolute atomic E-state index is 12.5. The first-order valence-electron chi connectivity index (χ1n) is 10.5. The maximum atomic E-state index is 12.5. The Hall–Kier alpha value is -2.98. The van der Waals surface area contributed by atoms with Crippen molar-refractivity contribution in [2.75, 3.05) is 5.75 Å². The predicted octanol–water partition coefficient (Wildman–Crippen LogP) is 2.99. The van der Waals surface area contributed by atoms with Gasteiger partial charge in [-0.05, 0) is 37.0 Å². The van der Waals surface area contributed by atoms with Crippen LogP contribution in [0.2, 0.25) is 0 Å². The average molecular weight is 467 g/mol. The summed E-state index contributed by atoms with van der Waals surface area (Å²) in [6.45, 7) is 0.390. The summed E-state index contributed by atoms with van der Waals surface area (Å²) in [4.78, 5) is 38.9. The number of fused-ring (bicyclic) bond motifs is 3. The van der Waals surface area contributed by atoms with Crippen molar-refractivity contribution in [2.45, 2.75) is 38.0 Å². The molecule has 0 saturated carbocycles. The van der Waals surface area contributed by atoms with Crippen molar-refractivity contribution >= 4 is 39.2 Å². The monoisotopic (exact) mass is 466 g/mol. The Labute approximate surface area is 192 Å². The van der Waals surface area contributed by atoms with E-state index in [1.165, 1.54) is 10.4 Å². The van der Waals surface area contributed by atoms with Gasteiger partial charge in [0.1, 0.15) is 10.7 Å². The van der Waals surface area contributed by atoms with Gasteiger partial charge in [0.25, 0.3) is 5.56 Å². The number of nitrogens with zero attached hydrogens (tertiary/aromatic N) is 4. The second-order valence-corrected chi connectivity index (χ2v) is 9.75. The van der Waals surface area contributed by atoms with E-state index in [4.69, 9.17) is 0 Å². The predicted molar refractivity (Wildman–Crippen MR) is 126 cm³/mol. The summed E-state index contributed by atoms with van der Waals surface area (Å²) in [5.41, 5.74) is 2.06. The zero-order valence-electron chi connectivity index (χ0n) is 17.3. The molecule has 0 aromatic carbocycles. The zero-order chi connectivity index (χ0) is 21.9. The second-order valence-electron chi connectivity index (χ2n) is 7.57. The van der Waals surface area contributed by atoms with Crippen LogP contribution in [0.3, 0.4) is 0 Å². The molecule has 0 radical (unpaired) electrons. The number of pyridine rings is 1. The van der Waals surface area contributed by atoms with E-state index < -0.39 is 0 Å². The Balaban J connectivity index is 1.12. The van der Waals surface area contributed by atoms with Gasteiger partial charge in [0, 0.05) is 47.7 Å². The number of nitrogens with one attached hydrogen (secondary N) is 2. The van der Waals surface area contributed by atoms with Crippen molar-refractivity contribution in [1.82, 2.24) is 30.0 Å². The number of thioether (sulfide) groups is 1. The second kappa shape index (κ2) is 9.25. The molecule has 0 atom stereocenters. The smallest absolute Gasteiger partial charge is 0.259 e. The Morgan fingerprint density at radius 3 is 3.09 bits per heavy atom. The molecule has 0 fully saturated rings. The average Bonchev–Trinajstić information content (AvgIpc) is 3.53. The van der Waals surface area contributed by atoms with E-state index in [-0.39, 0.29) is 11.5 Å². The van der Waals surface area contributed by atoms with Crippen molar-refractivity contribution in [3.05, 3.63) is 69.0 Å². The van der Waals surface area contributed by atoms with Crippen LogP contribution in [0, 0.1) is 0 Å². The minimum absolute atomic E-state index is 0.0284. The summed E-state index contributed by atoms with van der Waals surface area (Å²) in [5.74, 6) is 2.57. The molecule has 8 nitrogen and oxygen atoms in total. The fraction of sp³-hybridized carbons (Fsp3) is 0.318. The number of H-pyrrole nitrogens is 1. The third-order valence-electron chi connectivity index (χ3n) is 5.40. The van der Waals surface area contributed by atoms with E-state index in [1.807, 2.05) is 24.4 Å². The summed E-state index contributed by atoms with van der Waals surface area (Å²) in [5, 5.41) is 7.94. The highest BCUT2D eigenvalue weighted by Crippen LogP contribution is 2.34. The van der Waals surface area contributed by atoms with E-state index in [0.29, 0.717) is 36.1 Å². The molecule has 0 unspecified atom stereocenters. The molecule has 2 N–H and O–H groups in total. The first-order chi connectivity index (χ1) is 15.7. The Morgan fingerprint density at radius 2 is 2.22 bits per heavy atom. The van der Waals surface area contributed by atoms with Crippen molar-refractivity contribution in [1.29, 1.82) is 0 Å². The van der Waals surface area contributed by atoms with E-state index in [9.17, 15) is 9.59 Å². The van der Waals surface area contributed by atoms with Crippen molar-refractivity contribution < 1.29 is 4.79 Å². The molecule has 10 heteroatoms. The lowest BCUT2D eigenvalue weighted by Gasteiger charge is -2.09. The van der Waals surface area contributed by atoms with Crippen molar-refractivity contribution in [3.63, 3.8) is 0 Å². The van der Waals surface area contributed by atoms with Gasteiger partial charge in [-0.2, -0.15) is 16.9 Å². The molecular formula is C22H22N6O2S2. The molecule has 0 spiro atoms. The number of amides is 1. The van der Waals surface area contributed by atoms with Crippen LogP contribution in [0.4, 0.5) is 0 Å². The number of aromatic nitrogens is 5. The van der Waals surface area contributed by atoms with Crippen molar-refractivity contribution in [3.8, 4) is 5.82 Å². The third kappa shape index (κ3) is 4.33. The molecule has 0 aliphatic heterocycles. The van der Waals surface area contributed by atoms with E-state index >= 15 is 0 Å². The number of carbonyl (C=O) groups excluding carboxylic acids is 1. The topological polar surface area (TPSA) is 106 Å². The largest absolute Gasteiger partial charge is 0.352 e. The van der Waals surface area contributed by atoms with Crippen LogP contribution in [0.5, 0.6) is 0 Å². The van der Waals surface area contributed by atoms with Crippen LogP contribution in [0.25, 0.3) is 16.0 Å². The molecule has 32 heavy (non-hydrogen) atoms. The fourth-order valence-corrected chi connectivity index (χ4v) is 5.98. The van der Waals surface area contributed by atoms with E-state index in [0.717, 1.165) is 35.0 Å². The Morgan fingerprint density at radius 1 is 1.28 bits per heavy atom. The van der Waals surface area contributed by atoms with Gasteiger partial charge < -0.3 is 10.3 Å². The van der Waals surface area contributed by atoms with Gasteiger partial charge in [0.2, 0.25) is 5.91 Å². The minimum Gasteiger partial charge on any atom is -0.352 e. The SMILES string of the molecule is O=C(CCSCc1nc2sc3c(c2c(=O)[nH]1)CCC3)NCc1cccnc1-n1cccn1. The number of carbonyl (C=O) groups is 1. The van der Waals surface area contributed by atoms with Gasteiger partial charge in [0.15, 0.2) is 5.82 Å². The van der Waals surface area contributed by atoms with Crippen LogP contribution < -0.4 is 10.9 Å². The number of hydrogen-bond acceptors (Lipinski definition) is 7. The number of rotatable bonds is 8. The lowest BCUT2D eigenvalue weighted by atomic mass is 10.2. The van der Waals surface area contributed by atoms with Crippen LogP contribution >= 0.6 is 23.1 Å². The normalized spacial score (nSPS) is 12.9. The standard InChI is InChI=1S/C22H22N6O2S2/c29-18(24-12-14-4-2-8-23-20(14)28-10-3-9-25-28)7-11-31-13-17-26-21(30)19-15-5-1-6-16(15)32-22(19)27-17/h2-4,8-10H,1,5-7,11-13H2,(H,24,29)(H,26,27,30). The van der Waals surface area contributed by atoms with Crippen LogP contribution in [0.1, 0.15) is 34.7 Å². The number of hydrogen-bond donors (Lipinski definition) is 2. The molecular weight excluding hydrogens is 444 g/mol. The van der Waals surface area contributed by atoms with Gasteiger partial charge in [-0.25, -0.2) is 14.6 Å². The molecule has 4 heterocycles. The summed E-state index contributed by atoms with van der Waals surface area (Å²) in [6.07, 6.45) is 8.77. The lowest BCUT2D eigenvalue weighted by Crippen LogP contribution is -2.24. The molecule has 1 aliphatic rings. The minimum atomic E-state index is -0.0350. The van der Waals surface area contributed by atoms with Crippen LogP contribution in [-0.2, 0) is 29.9 Å². The quantitative estimate of drug-likeness (QED) is 0.387. The van der Waals surface area contributed by atoms with Gasteiger partial charge in [-0.3, -0.25) is 9.59 Å². The Kier molecular flexibility index (Phi) is 6.04. The first-order valence-corrected chi connectivity index (χ1v) is 12.5. The zero-order valence-corrected chi connectivity index (χ0v) is 19.0. The van der Waals surface area contributed by atoms with E-state index in [1.54, 1.807) is 40.2 Å². The maximum Gasteiger partial charge on any atom is 0.259 e. The third-order valence-corrected chi connectivity index (χ3v) is 7.56. The van der Waals surface area contributed by atoms with Gasteiger partial charge in [-0.1, -0.05) is 6.07 Å². The Bertz CT molecular complexity index is 1310. The van der Waals surface area contributed by atoms with Gasteiger partial charge in [0.05, 0.1) is 11.1 Å². The van der Waals surface area contributed by atoms with Gasteiger partial charge >= 0.3 is 0 Å². The highest BCUT2D eigenvalue weighted by Gasteiger charge is 2.21. The molecule has 4 aromatic heterocycles. The summed E-state index contributed by atoms with van der Waals surface area (Å²) in [7, 11) is 0. The van der Waals surface area contributed by atoms with Crippen LogP contribution in [0.15, 0.2) is 41.6 Å². The van der Waals surface area contributed by atoms with Crippen LogP contribution in [-0.4, -0.2) is 36.4 Å². The van der Waals surface area contributed by atoms with E-state index in [2.05, 4.69) is 25.4 Å². The molecule has 4 aromatic rings. The molecule has 5 rings (SSSR count). The number of thiophene rings is 1. The molecule has 1 amide bonds. The summed E-state index contributed by atoms with van der Waals surface area (Å²) >= 11 is 3.24. The first kappa shape index (κ1) is 20.9. The van der Waals surface area contributed by atoms with Crippen molar-refractivity contribution in [2.24, 2.45) is 0 Å². The summed E-state index contributed by atoms with van der Waals surface area (Å²) in [6, 6.07) is 5.61. The number of aromatic amines is 1. The fourth-order valence-electron chi connectivity index (χ4n) is 3.90. The van der Waals surface area contributed by atoms with Gasteiger partial charge in [-0.15, -0.1) is 11.3 Å². The molecule has 1 aliphatic carbocycles. The lowest BCUT2D eigenvalue weighted by molar-refractivity contribution is -0.120. The summed E-state index contributed by atoms with van der Waals surface area (Å²) < 4.78 is 1.68. The molecule has 0 bridgehead atoms.